The summed E-state index contributed by atoms with van der Waals surface area (Å²) in [6, 6.07) is 4.32. The zero-order valence-corrected chi connectivity index (χ0v) is 12.9. The van der Waals surface area contributed by atoms with Gasteiger partial charge in [-0.2, -0.15) is 0 Å². The van der Waals surface area contributed by atoms with Crippen LogP contribution in [0.1, 0.15) is 44.0 Å². The van der Waals surface area contributed by atoms with Gasteiger partial charge in [-0.25, -0.2) is 0 Å². The van der Waals surface area contributed by atoms with Gasteiger partial charge in [-0.1, -0.05) is 6.92 Å². The number of hydrogen-bond acceptors (Lipinski definition) is 4. The predicted octanol–water partition coefficient (Wildman–Crippen LogP) is 1.72. The van der Waals surface area contributed by atoms with E-state index in [1.54, 1.807) is 0 Å². The molecule has 0 spiro atoms. The Morgan fingerprint density at radius 2 is 2.29 bits per heavy atom. The summed E-state index contributed by atoms with van der Waals surface area (Å²) in [5, 5.41) is 2.95. The predicted molar refractivity (Wildman–Crippen MR) is 82.2 cm³/mol. The molecule has 5 nitrogen and oxygen atoms in total. The Labute approximate surface area is 126 Å². The summed E-state index contributed by atoms with van der Waals surface area (Å²) in [5.74, 6) is 0.799. The molecular formula is C16H25N3O2. The number of nitrogens with one attached hydrogen (secondary N) is 1. The molecule has 1 aliphatic carbocycles. The topological polar surface area (TPSA) is 77.2 Å². The van der Waals surface area contributed by atoms with Gasteiger partial charge in [0.1, 0.15) is 5.75 Å². The molecule has 1 unspecified atom stereocenters. The number of pyridine rings is 1. The van der Waals surface area contributed by atoms with Crippen LogP contribution in [0.25, 0.3) is 0 Å². The number of carbonyl (C=O) groups excluding carboxylic acids is 1. The lowest BCUT2D eigenvalue weighted by molar-refractivity contribution is -0.121. The lowest BCUT2D eigenvalue weighted by atomic mass is 10.1. The average molecular weight is 291 g/mol. The van der Waals surface area contributed by atoms with Gasteiger partial charge in [-0.3, -0.25) is 9.78 Å². The molecule has 1 aromatic rings. The summed E-state index contributed by atoms with van der Waals surface area (Å²) >= 11 is 0. The highest BCUT2D eigenvalue weighted by Gasteiger charge is 2.23. The molecule has 0 aromatic carbocycles. The number of hydrogen-bond donors (Lipinski definition) is 2. The van der Waals surface area contributed by atoms with Crippen LogP contribution in [-0.2, 0) is 11.2 Å². The third-order valence-corrected chi connectivity index (χ3v) is 3.58. The Morgan fingerprint density at radius 1 is 1.52 bits per heavy atom. The Bertz CT molecular complexity index is 486. The molecule has 1 atom stereocenters. The SMILES string of the molecule is CCC(N)Cc1nc(C)ccc1OCCC(=O)NC1CC1. The van der Waals surface area contributed by atoms with E-state index in [9.17, 15) is 4.79 Å². The van der Waals surface area contributed by atoms with Crippen LogP contribution in [0.4, 0.5) is 0 Å². The lowest BCUT2D eigenvalue weighted by Crippen LogP contribution is -2.27. The molecule has 5 heteroatoms. The van der Waals surface area contributed by atoms with Crippen molar-refractivity contribution in [3.8, 4) is 5.75 Å². The molecule has 2 rings (SSSR count). The third kappa shape index (κ3) is 5.34. The smallest absolute Gasteiger partial charge is 0.223 e. The van der Waals surface area contributed by atoms with Crippen LogP contribution in [0.2, 0.25) is 0 Å². The van der Waals surface area contributed by atoms with Gasteiger partial charge < -0.3 is 15.8 Å². The Kier molecular flexibility index (Phi) is 5.56. The number of amides is 1. The van der Waals surface area contributed by atoms with Crippen molar-refractivity contribution < 1.29 is 9.53 Å². The number of rotatable bonds is 8. The van der Waals surface area contributed by atoms with Crippen LogP contribution in [0.3, 0.4) is 0 Å². The Morgan fingerprint density at radius 3 is 2.95 bits per heavy atom. The van der Waals surface area contributed by atoms with Gasteiger partial charge in [0.05, 0.1) is 18.7 Å². The first-order chi connectivity index (χ1) is 10.1. The maximum absolute atomic E-state index is 11.6. The number of ether oxygens (including phenoxy) is 1. The van der Waals surface area contributed by atoms with E-state index in [-0.39, 0.29) is 11.9 Å². The molecule has 1 amide bonds. The Hall–Kier alpha value is -1.62. The minimum absolute atomic E-state index is 0.0596. The molecule has 0 radical (unpaired) electrons. The molecule has 0 saturated heterocycles. The summed E-state index contributed by atoms with van der Waals surface area (Å²) in [5.41, 5.74) is 7.84. The van der Waals surface area contributed by atoms with E-state index in [1.165, 1.54) is 0 Å². The molecule has 1 fully saturated rings. The van der Waals surface area contributed by atoms with Crippen molar-refractivity contribution >= 4 is 5.91 Å². The van der Waals surface area contributed by atoms with Gasteiger partial charge in [-0.05, 0) is 38.3 Å². The normalized spacial score (nSPS) is 15.6. The fourth-order valence-electron chi connectivity index (χ4n) is 2.05. The zero-order chi connectivity index (χ0) is 15.2. The monoisotopic (exact) mass is 291 g/mol. The van der Waals surface area contributed by atoms with Crippen LogP contribution in [0.15, 0.2) is 12.1 Å². The van der Waals surface area contributed by atoms with E-state index in [0.29, 0.717) is 25.5 Å². The molecule has 1 heterocycles. The summed E-state index contributed by atoms with van der Waals surface area (Å²) in [7, 11) is 0. The van der Waals surface area contributed by atoms with Crippen molar-refractivity contribution in [3.63, 3.8) is 0 Å². The van der Waals surface area contributed by atoms with Gasteiger partial charge in [0, 0.05) is 24.2 Å². The second-order valence-corrected chi connectivity index (χ2v) is 5.71. The molecular weight excluding hydrogens is 266 g/mol. The highest BCUT2D eigenvalue weighted by Crippen LogP contribution is 2.20. The first kappa shape index (κ1) is 15.8. The molecule has 0 aliphatic heterocycles. The number of nitrogens with zero attached hydrogens (tertiary/aromatic N) is 1. The molecule has 1 aliphatic rings. The van der Waals surface area contributed by atoms with Crippen LogP contribution in [0, 0.1) is 6.92 Å². The highest BCUT2D eigenvalue weighted by atomic mass is 16.5. The largest absolute Gasteiger partial charge is 0.491 e. The standard InChI is InChI=1S/C16H25N3O2/c1-3-12(17)10-14-15(7-4-11(2)18-14)21-9-8-16(20)19-13-5-6-13/h4,7,12-13H,3,5-6,8-10,17H2,1-2H3,(H,19,20). The minimum atomic E-state index is 0.0596. The van der Waals surface area contributed by atoms with E-state index >= 15 is 0 Å². The van der Waals surface area contributed by atoms with Crippen molar-refractivity contribution in [1.29, 1.82) is 0 Å². The van der Waals surface area contributed by atoms with E-state index in [1.807, 2.05) is 19.1 Å². The maximum atomic E-state index is 11.6. The van der Waals surface area contributed by atoms with E-state index < -0.39 is 0 Å². The summed E-state index contributed by atoms with van der Waals surface area (Å²) in [6.07, 6.45) is 4.19. The second-order valence-electron chi connectivity index (χ2n) is 5.71. The van der Waals surface area contributed by atoms with Crippen molar-refractivity contribution in [3.05, 3.63) is 23.5 Å². The van der Waals surface area contributed by atoms with Crippen molar-refractivity contribution in [1.82, 2.24) is 10.3 Å². The van der Waals surface area contributed by atoms with Crippen molar-refractivity contribution in [2.24, 2.45) is 5.73 Å². The number of carbonyl (C=O) groups is 1. The summed E-state index contributed by atoms with van der Waals surface area (Å²) < 4.78 is 5.73. The van der Waals surface area contributed by atoms with Crippen LogP contribution >= 0.6 is 0 Å². The molecule has 1 aromatic heterocycles. The maximum Gasteiger partial charge on any atom is 0.223 e. The fraction of sp³-hybridized carbons (Fsp3) is 0.625. The third-order valence-electron chi connectivity index (χ3n) is 3.58. The number of aromatic nitrogens is 1. The first-order valence-corrected chi connectivity index (χ1v) is 7.72. The lowest BCUT2D eigenvalue weighted by Gasteiger charge is -2.14. The van der Waals surface area contributed by atoms with Gasteiger partial charge in [0.25, 0.3) is 0 Å². The van der Waals surface area contributed by atoms with Crippen molar-refractivity contribution in [2.45, 2.75) is 58.0 Å². The fourth-order valence-corrected chi connectivity index (χ4v) is 2.05. The van der Waals surface area contributed by atoms with Crippen LogP contribution in [-0.4, -0.2) is 29.6 Å². The molecule has 3 N–H and O–H groups in total. The minimum Gasteiger partial charge on any atom is -0.491 e. The average Bonchev–Trinajstić information content (AvgIpc) is 3.25. The van der Waals surface area contributed by atoms with E-state index in [2.05, 4.69) is 17.2 Å². The summed E-state index contributed by atoms with van der Waals surface area (Å²) in [6.45, 7) is 4.38. The number of nitrogens with two attached hydrogens (primary N) is 1. The van der Waals surface area contributed by atoms with Gasteiger partial charge in [-0.15, -0.1) is 0 Å². The zero-order valence-electron chi connectivity index (χ0n) is 12.9. The van der Waals surface area contributed by atoms with Crippen molar-refractivity contribution in [2.75, 3.05) is 6.61 Å². The van der Waals surface area contributed by atoms with Gasteiger partial charge in [0.15, 0.2) is 0 Å². The number of aryl methyl sites for hydroxylation is 1. The second kappa shape index (κ2) is 7.41. The molecule has 116 valence electrons. The van der Waals surface area contributed by atoms with Crippen LogP contribution < -0.4 is 15.8 Å². The van der Waals surface area contributed by atoms with Crippen LogP contribution in [0.5, 0.6) is 5.75 Å². The quantitative estimate of drug-likeness (QED) is 0.764. The summed E-state index contributed by atoms with van der Waals surface area (Å²) in [4.78, 5) is 16.1. The first-order valence-electron chi connectivity index (χ1n) is 7.72. The highest BCUT2D eigenvalue weighted by molar-refractivity contribution is 5.76. The molecule has 0 bridgehead atoms. The Balaban J connectivity index is 1.87. The van der Waals surface area contributed by atoms with Gasteiger partial charge in [0.2, 0.25) is 5.91 Å². The van der Waals surface area contributed by atoms with Gasteiger partial charge >= 0.3 is 0 Å². The van der Waals surface area contributed by atoms with E-state index in [0.717, 1.165) is 36.4 Å². The molecule has 21 heavy (non-hydrogen) atoms. The molecule has 1 saturated carbocycles. The van der Waals surface area contributed by atoms with E-state index in [4.69, 9.17) is 10.5 Å².